The van der Waals surface area contributed by atoms with Gasteiger partial charge in [-0.2, -0.15) is 0 Å². The zero-order valence-electron chi connectivity index (χ0n) is 13.9. The van der Waals surface area contributed by atoms with Gasteiger partial charge in [-0.15, -0.1) is 0 Å². The Kier molecular flexibility index (Phi) is 4.66. The summed E-state index contributed by atoms with van der Waals surface area (Å²) in [6, 6.07) is 18.7. The van der Waals surface area contributed by atoms with Crippen molar-refractivity contribution in [3.8, 4) is 0 Å². The van der Waals surface area contributed by atoms with Crippen LogP contribution in [0.5, 0.6) is 0 Å². The second-order valence-corrected chi connectivity index (χ2v) is 5.47. The Labute approximate surface area is 145 Å². The average molecular weight is 335 g/mol. The van der Waals surface area contributed by atoms with E-state index in [1.54, 1.807) is 12.1 Å². The van der Waals surface area contributed by atoms with Gasteiger partial charge in [-0.3, -0.25) is 0 Å². The van der Waals surface area contributed by atoms with Gasteiger partial charge in [-0.05, 0) is 41.1 Å². The molecule has 3 rings (SSSR count). The van der Waals surface area contributed by atoms with E-state index < -0.39 is 11.9 Å². The highest BCUT2D eigenvalue weighted by Crippen LogP contribution is 2.24. The fraction of sp³-hybridized carbons (Fsp3) is 0.100. The minimum Gasteiger partial charge on any atom is -0.465 e. The van der Waals surface area contributed by atoms with Gasteiger partial charge in [0.1, 0.15) is 0 Å². The van der Waals surface area contributed by atoms with E-state index in [0.29, 0.717) is 5.69 Å². The molecule has 5 nitrogen and oxygen atoms in total. The van der Waals surface area contributed by atoms with E-state index in [1.165, 1.54) is 20.3 Å². The van der Waals surface area contributed by atoms with Crippen molar-refractivity contribution in [3.63, 3.8) is 0 Å². The molecular weight excluding hydrogens is 318 g/mol. The predicted molar refractivity (Wildman–Crippen MR) is 96.4 cm³/mol. The van der Waals surface area contributed by atoms with Crippen molar-refractivity contribution in [3.05, 3.63) is 71.8 Å². The maximum absolute atomic E-state index is 11.9. The van der Waals surface area contributed by atoms with Crippen molar-refractivity contribution in [1.82, 2.24) is 0 Å². The number of fused-ring (bicyclic) bond motifs is 1. The van der Waals surface area contributed by atoms with E-state index in [0.717, 1.165) is 16.5 Å². The van der Waals surface area contributed by atoms with Crippen LogP contribution in [-0.2, 0) is 9.47 Å². The zero-order chi connectivity index (χ0) is 17.8. The fourth-order valence-electron chi connectivity index (χ4n) is 2.60. The molecule has 25 heavy (non-hydrogen) atoms. The molecule has 0 heterocycles. The lowest BCUT2D eigenvalue weighted by Gasteiger charge is -2.11. The number of carbonyl (C=O) groups excluding carboxylic acids is 2. The van der Waals surface area contributed by atoms with Crippen LogP contribution in [-0.4, -0.2) is 26.2 Å². The van der Waals surface area contributed by atoms with Crippen LogP contribution in [0.15, 0.2) is 60.7 Å². The molecule has 0 fully saturated rings. The Morgan fingerprint density at radius 2 is 1.32 bits per heavy atom. The van der Waals surface area contributed by atoms with Crippen LogP contribution in [0.3, 0.4) is 0 Å². The monoisotopic (exact) mass is 335 g/mol. The Hall–Kier alpha value is -3.34. The predicted octanol–water partition coefficient (Wildman–Crippen LogP) is 4.16. The summed E-state index contributed by atoms with van der Waals surface area (Å²) in [7, 11) is 2.59. The first kappa shape index (κ1) is 16.5. The third kappa shape index (κ3) is 3.61. The van der Waals surface area contributed by atoms with Crippen LogP contribution in [0.2, 0.25) is 0 Å². The maximum Gasteiger partial charge on any atom is 0.337 e. The molecule has 0 spiro atoms. The first-order chi connectivity index (χ1) is 12.1. The second kappa shape index (κ2) is 7.05. The van der Waals surface area contributed by atoms with E-state index >= 15 is 0 Å². The summed E-state index contributed by atoms with van der Waals surface area (Å²) in [5, 5.41) is 5.44. The van der Waals surface area contributed by atoms with E-state index in [4.69, 9.17) is 9.47 Å². The van der Waals surface area contributed by atoms with Crippen LogP contribution in [0, 0.1) is 0 Å². The van der Waals surface area contributed by atoms with E-state index in [2.05, 4.69) is 5.32 Å². The number of ether oxygens (including phenoxy) is 2. The normalized spacial score (nSPS) is 10.3. The maximum atomic E-state index is 11.9. The molecule has 1 N–H and O–H groups in total. The molecule has 0 atom stereocenters. The highest BCUT2D eigenvalue weighted by molar-refractivity contribution is 5.97. The van der Waals surface area contributed by atoms with Gasteiger partial charge in [0, 0.05) is 11.4 Å². The Balaban J connectivity index is 1.99. The topological polar surface area (TPSA) is 64.6 Å². The van der Waals surface area contributed by atoms with Crippen LogP contribution in [0.25, 0.3) is 10.8 Å². The van der Waals surface area contributed by atoms with Gasteiger partial charge in [0.25, 0.3) is 0 Å². The number of methoxy groups -OCH3 is 2. The highest BCUT2D eigenvalue weighted by atomic mass is 16.5. The zero-order valence-corrected chi connectivity index (χ0v) is 13.9. The molecule has 0 bridgehead atoms. The van der Waals surface area contributed by atoms with Crippen LogP contribution in [0.1, 0.15) is 20.7 Å². The summed E-state index contributed by atoms with van der Waals surface area (Å²) in [5.41, 5.74) is 1.98. The molecule has 0 aliphatic heterocycles. The molecule has 0 aliphatic carbocycles. The van der Waals surface area contributed by atoms with Gasteiger partial charge >= 0.3 is 11.9 Å². The number of hydrogen-bond donors (Lipinski definition) is 1. The van der Waals surface area contributed by atoms with Gasteiger partial charge in [-0.25, -0.2) is 9.59 Å². The number of carbonyl (C=O) groups is 2. The third-order valence-corrected chi connectivity index (χ3v) is 3.81. The summed E-state index contributed by atoms with van der Waals surface area (Å²) in [6.45, 7) is 0. The smallest absolute Gasteiger partial charge is 0.337 e. The summed E-state index contributed by atoms with van der Waals surface area (Å²) >= 11 is 0. The van der Waals surface area contributed by atoms with Gasteiger partial charge in [0.15, 0.2) is 0 Å². The average Bonchev–Trinajstić information content (AvgIpc) is 2.66. The first-order valence-corrected chi connectivity index (χ1v) is 7.68. The molecule has 0 amide bonds. The number of benzene rings is 3. The Morgan fingerprint density at radius 3 is 1.92 bits per heavy atom. The summed E-state index contributed by atoms with van der Waals surface area (Å²) in [5.74, 6) is -1.04. The van der Waals surface area contributed by atoms with E-state index in [1.807, 2.05) is 42.5 Å². The Bertz CT molecular complexity index is 915. The van der Waals surface area contributed by atoms with E-state index in [-0.39, 0.29) is 11.1 Å². The van der Waals surface area contributed by atoms with Crippen LogP contribution < -0.4 is 5.32 Å². The molecule has 0 saturated carbocycles. The van der Waals surface area contributed by atoms with Crippen molar-refractivity contribution >= 4 is 34.1 Å². The molecular formula is C20H17NO4. The quantitative estimate of drug-likeness (QED) is 0.725. The van der Waals surface area contributed by atoms with Crippen molar-refractivity contribution in [1.29, 1.82) is 0 Å². The third-order valence-electron chi connectivity index (χ3n) is 3.81. The number of nitrogens with one attached hydrogen (secondary N) is 1. The molecule has 5 heteroatoms. The molecule has 3 aromatic rings. The van der Waals surface area contributed by atoms with Crippen molar-refractivity contribution in [2.75, 3.05) is 19.5 Å². The van der Waals surface area contributed by atoms with Crippen LogP contribution >= 0.6 is 0 Å². The van der Waals surface area contributed by atoms with Crippen LogP contribution in [0.4, 0.5) is 11.4 Å². The van der Waals surface area contributed by atoms with Gasteiger partial charge in [-0.1, -0.05) is 30.3 Å². The van der Waals surface area contributed by atoms with E-state index in [9.17, 15) is 9.59 Å². The second-order valence-electron chi connectivity index (χ2n) is 5.47. The number of anilines is 2. The number of hydrogen-bond acceptors (Lipinski definition) is 5. The number of esters is 2. The summed E-state index contributed by atoms with van der Waals surface area (Å²) in [6.07, 6.45) is 0. The molecule has 0 aromatic heterocycles. The van der Waals surface area contributed by atoms with Gasteiger partial charge in [0.05, 0.1) is 25.3 Å². The molecule has 0 unspecified atom stereocenters. The fourth-order valence-corrected chi connectivity index (χ4v) is 2.60. The first-order valence-electron chi connectivity index (χ1n) is 7.68. The minimum absolute atomic E-state index is 0.272. The summed E-state index contributed by atoms with van der Waals surface area (Å²) < 4.78 is 9.50. The van der Waals surface area contributed by atoms with Crippen molar-refractivity contribution in [2.45, 2.75) is 0 Å². The number of rotatable bonds is 4. The molecule has 0 radical (unpaired) electrons. The minimum atomic E-state index is -0.521. The van der Waals surface area contributed by atoms with Gasteiger partial charge in [0.2, 0.25) is 0 Å². The largest absolute Gasteiger partial charge is 0.465 e. The van der Waals surface area contributed by atoms with Crippen molar-refractivity contribution in [2.24, 2.45) is 0 Å². The highest BCUT2D eigenvalue weighted by Gasteiger charge is 2.14. The lowest BCUT2D eigenvalue weighted by molar-refractivity contribution is 0.0599. The van der Waals surface area contributed by atoms with Crippen molar-refractivity contribution < 1.29 is 19.1 Å². The Morgan fingerprint density at radius 1 is 0.720 bits per heavy atom. The van der Waals surface area contributed by atoms with Gasteiger partial charge < -0.3 is 14.8 Å². The lowest BCUT2D eigenvalue weighted by Crippen LogP contribution is -2.07. The standard InChI is InChI=1S/C20H17NO4/c1-24-19(22)15-9-16(20(23)25-2)12-18(11-15)21-17-8-7-13-5-3-4-6-14(13)10-17/h3-12,21H,1-2H3. The summed E-state index contributed by atoms with van der Waals surface area (Å²) in [4.78, 5) is 23.7. The molecule has 126 valence electrons. The molecule has 0 saturated heterocycles. The lowest BCUT2D eigenvalue weighted by atomic mass is 10.1. The molecule has 0 aliphatic rings. The molecule has 3 aromatic carbocycles. The SMILES string of the molecule is COC(=O)c1cc(Nc2ccc3ccccc3c2)cc(C(=O)OC)c1.